The second-order valence-corrected chi connectivity index (χ2v) is 3.60. The van der Waals surface area contributed by atoms with Crippen LogP contribution >= 0.6 is 0 Å². The Morgan fingerprint density at radius 1 is 0.778 bits per heavy atom. The number of aliphatic hydroxyl groups excluding tert-OH is 1. The van der Waals surface area contributed by atoms with E-state index in [9.17, 15) is 4.39 Å². The molecule has 3 nitrogen and oxygen atoms in total. The topological polar surface area (TPSA) is 38.7 Å². The molecule has 1 unspecified atom stereocenters. The van der Waals surface area contributed by atoms with Crippen molar-refractivity contribution in [1.29, 1.82) is 0 Å². The van der Waals surface area contributed by atoms with E-state index >= 15 is 0 Å². The van der Waals surface area contributed by atoms with Crippen LogP contribution in [0.2, 0.25) is 0 Å². The normalized spacial score (nSPS) is 12.2. The summed E-state index contributed by atoms with van der Waals surface area (Å²) < 4.78 is 23.5. The predicted octanol–water partition coefficient (Wildman–Crippen LogP) is 2.76. The Bertz CT molecular complexity index is 417. The Morgan fingerprint density at radius 2 is 1.17 bits per heavy atom. The van der Waals surface area contributed by atoms with Gasteiger partial charge in [0.15, 0.2) is 0 Å². The Balaban J connectivity index is 2.05. The number of alkyl halides is 1. The predicted molar refractivity (Wildman–Crippen MR) is 65.0 cm³/mol. The summed E-state index contributed by atoms with van der Waals surface area (Å²) in [4.78, 5) is 0. The van der Waals surface area contributed by atoms with Gasteiger partial charge in [-0.15, -0.1) is 0 Å². The van der Waals surface area contributed by atoms with Crippen molar-refractivity contribution in [2.24, 2.45) is 0 Å². The highest BCUT2D eigenvalue weighted by atomic mass is 19.1. The highest BCUT2D eigenvalue weighted by Gasteiger charge is 2.22. The van der Waals surface area contributed by atoms with Crippen LogP contribution in [0, 0.1) is 0 Å². The zero-order valence-electron chi connectivity index (χ0n) is 9.57. The van der Waals surface area contributed by atoms with Gasteiger partial charge in [-0.2, -0.15) is 0 Å². The van der Waals surface area contributed by atoms with Crippen LogP contribution in [0.4, 0.5) is 4.39 Å². The molecule has 0 aromatic heterocycles. The number of ether oxygens (including phenoxy) is 2. The summed E-state index contributed by atoms with van der Waals surface area (Å²) in [6.45, 7) is 0. The summed E-state index contributed by atoms with van der Waals surface area (Å²) in [5.74, 6) is 0.852. The fourth-order valence-electron chi connectivity index (χ4n) is 1.40. The molecule has 0 aliphatic carbocycles. The maximum Gasteiger partial charge on any atom is 0.296 e. The molecule has 2 aromatic carbocycles. The Labute approximate surface area is 104 Å². The SMILES string of the molecule is OC(F)C(Oc1ccccc1)Oc1ccccc1. The highest BCUT2D eigenvalue weighted by Crippen LogP contribution is 2.17. The summed E-state index contributed by atoms with van der Waals surface area (Å²) in [6, 6.07) is 17.2. The monoisotopic (exact) mass is 248 g/mol. The molecule has 0 heterocycles. The van der Waals surface area contributed by atoms with E-state index in [0.717, 1.165) is 0 Å². The fourth-order valence-corrected chi connectivity index (χ4v) is 1.40. The lowest BCUT2D eigenvalue weighted by Crippen LogP contribution is -2.34. The van der Waals surface area contributed by atoms with Gasteiger partial charge in [-0.05, 0) is 24.3 Å². The lowest BCUT2D eigenvalue weighted by molar-refractivity contribution is -0.142. The van der Waals surface area contributed by atoms with Gasteiger partial charge in [-0.25, -0.2) is 4.39 Å². The minimum Gasteiger partial charge on any atom is -0.450 e. The molecule has 0 spiro atoms. The van der Waals surface area contributed by atoms with Crippen LogP contribution in [0.3, 0.4) is 0 Å². The summed E-state index contributed by atoms with van der Waals surface area (Å²) in [5, 5.41) is 9.02. The molecular weight excluding hydrogens is 235 g/mol. The van der Waals surface area contributed by atoms with E-state index in [4.69, 9.17) is 14.6 Å². The van der Waals surface area contributed by atoms with Crippen LogP contribution in [-0.4, -0.2) is 17.8 Å². The van der Waals surface area contributed by atoms with Crippen molar-refractivity contribution in [3.8, 4) is 11.5 Å². The second-order valence-electron chi connectivity index (χ2n) is 3.60. The third-order valence-electron chi connectivity index (χ3n) is 2.22. The first kappa shape index (κ1) is 12.4. The van der Waals surface area contributed by atoms with Crippen LogP contribution in [0.25, 0.3) is 0 Å². The van der Waals surface area contributed by atoms with E-state index in [1.165, 1.54) is 0 Å². The van der Waals surface area contributed by atoms with Gasteiger partial charge in [0, 0.05) is 0 Å². The zero-order valence-corrected chi connectivity index (χ0v) is 9.57. The van der Waals surface area contributed by atoms with Crippen molar-refractivity contribution in [3.05, 3.63) is 60.7 Å². The highest BCUT2D eigenvalue weighted by molar-refractivity contribution is 5.23. The summed E-state index contributed by atoms with van der Waals surface area (Å²) in [7, 11) is 0. The number of aliphatic hydroxyl groups is 1. The van der Waals surface area contributed by atoms with Crippen molar-refractivity contribution in [3.63, 3.8) is 0 Å². The first-order chi connectivity index (χ1) is 8.75. The van der Waals surface area contributed by atoms with Gasteiger partial charge >= 0.3 is 0 Å². The maximum absolute atomic E-state index is 13.0. The molecule has 0 aliphatic rings. The smallest absolute Gasteiger partial charge is 0.296 e. The van der Waals surface area contributed by atoms with Crippen LogP contribution in [0.5, 0.6) is 11.5 Å². The van der Waals surface area contributed by atoms with Gasteiger partial charge in [0.05, 0.1) is 0 Å². The van der Waals surface area contributed by atoms with E-state index in [1.807, 2.05) is 12.1 Å². The Morgan fingerprint density at radius 3 is 1.50 bits per heavy atom. The molecule has 0 aliphatic heterocycles. The van der Waals surface area contributed by atoms with Crippen LogP contribution in [-0.2, 0) is 0 Å². The number of para-hydroxylation sites is 2. The summed E-state index contributed by atoms with van der Waals surface area (Å²) in [5.41, 5.74) is 0. The molecule has 1 atom stereocenters. The van der Waals surface area contributed by atoms with Crippen molar-refractivity contribution in [2.45, 2.75) is 12.6 Å². The van der Waals surface area contributed by atoms with Crippen LogP contribution in [0.1, 0.15) is 0 Å². The fraction of sp³-hybridized carbons (Fsp3) is 0.143. The lowest BCUT2D eigenvalue weighted by Gasteiger charge is -2.20. The molecule has 2 rings (SSSR count). The van der Waals surface area contributed by atoms with Crippen molar-refractivity contribution in [1.82, 2.24) is 0 Å². The molecule has 4 heteroatoms. The van der Waals surface area contributed by atoms with E-state index in [0.29, 0.717) is 11.5 Å². The van der Waals surface area contributed by atoms with Crippen LogP contribution < -0.4 is 9.47 Å². The first-order valence-corrected chi connectivity index (χ1v) is 5.51. The average molecular weight is 248 g/mol. The maximum atomic E-state index is 13.0. The number of hydrogen-bond acceptors (Lipinski definition) is 3. The minimum absolute atomic E-state index is 0.426. The molecule has 0 fully saturated rings. The molecule has 2 aromatic rings. The quantitative estimate of drug-likeness (QED) is 0.827. The van der Waals surface area contributed by atoms with Gasteiger partial charge in [-0.3, -0.25) is 0 Å². The molecular formula is C14H13FO3. The van der Waals surface area contributed by atoms with Gasteiger partial charge in [-0.1, -0.05) is 36.4 Å². The van der Waals surface area contributed by atoms with E-state index in [1.54, 1.807) is 48.5 Å². The summed E-state index contributed by atoms with van der Waals surface area (Å²) in [6.07, 6.45) is -3.62. The van der Waals surface area contributed by atoms with Gasteiger partial charge < -0.3 is 14.6 Å². The zero-order chi connectivity index (χ0) is 12.8. The Hall–Kier alpha value is -2.07. The number of halogens is 1. The average Bonchev–Trinajstić information content (AvgIpc) is 2.40. The molecule has 0 amide bonds. The number of benzene rings is 2. The molecule has 1 N–H and O–H groups in total. The molecule has 0 radical (unpaired) electrons. The van der Waals surface area contributed by atoms with E-state index in [-0.39, 0.29) is 0 Å². The second kappa shape index (κ2) is 6.02. The van der Waals surface area contributed by atoms with Gasteiger partial charge in [0.25, 0.3) is 12.6 Å². The van der Waals surface area contributed by atoms with Crippen molar-refractivity contribution < 1.29 is 19.0 Å². The van der Waals surface area contributed by atoms with E-state index in [2.05, 4.69) is 0 Å². The van der Waals surface area contributed by atoms with Gasteiger partial charge in [0.2, 0.25) is 0 Å². The third kappa shape index (κ3) is 3.46. The number of hydrogen-bond donors (Lipinski definition) is 1. The first-order valence-electron chi connectivity index (χ1n) is 5.51. The Kier molecular flexibility index (Phi) is 4.15. The largest absolute Gasteiger partial charge is 0.450 e. The van der Waals surface area contributed by atoms with E-state index < -0.39 is 12.6 Å². The lowest BCUT2D eigenvalue weighted by atomic mass is 10.3. The summed E-state index contributed by atoms with van der Waals surface area (Å²) >= 11 is 0. The van der Waals surface area contributed by atoms with Crippen molar-refractivity contribution in [2.75, 3.05) is 0 Å². The standard InChI is InChI=1S/C14H13FO3/c15-13(16)14(17-11-7-3-1-4-8-11)18-12-9-5-2-6-10-12/h1-10,13-14,16H. The van der Waals surface area contributed by atoms with Crippen molar-refractivity contribution >= 4 is 0 Å². The molecule has 0 bridgehead atoms. The minimum atomic E-state index is -2.23. The van der Waals surface area contributed by atoms with Crippen LogP contribution in [0.15, 0.2) is 60.7 Å². The number of rotatable bonds is 5. The molecule has 18 heavy (non-hydrogen) atoms. The molecule has 0 saturated carbocycles. The van der Waals surface area contributed by atoms with Gasteiger partial charge in [0.1, 0.15) is 11.5 Å². The molecule has 0 saturated heterocycles. The molecule has 94 valence electrons. The third-order valence-corrected chi connectivity index (χ3v) is 2.22.